The Labute approximate surface area is 178 Å². The van der Waals surface area contributed by atoms with Crippen molar-refractivity contribution in [1.82, 2.24) is 20.0 Å². The van der Waals surface area contributed by atoms with Crippen molar-refractivity contribution in [2.45, 2.75) is 20.1 Å². The van der Waals surface area contributed by atoms with Gasteiger partial charge in [0.15, 0.2) is 0 Å². The first-order valence-corrected chi connectivity index (χ1v) is 9.81. The molecule has 8 nitrogen and oxygen atoms in total. The summed E-state index contributed by atoms with van der Waals surface area (Å²) in [5.41, 5.74) is 3.18. The fourth-order valence-corrected chi connectivity index (χ4v) is 3.03. The quantitative estimate of drug-likeness (QED) is 0.459. The molecule has 4 aromatic rings. The lowest BCUT2D eigenvalue weighted by Gasteiger charge is -2.08. The molecule has 0 fully saturated rings. The molecule has 0 saturated carbocycles. The fraction of sp³-hybridized carbons (Fsp3) is 0.174. The average molecular weight is 418 g/mol. The Kier molecular flexibility index (Phi) is 5.98. The Morgan fingerprint density at radius 1 is 1.10 bits per heavy atom. The highest BCUT2D eigenvalue weighted by Crippen LogP contribution is 2.16. The lowest BCUT2D eigenvalue weighted by atomic mass is 10.2. The summed E-state index contributed by atoms with van der Waals surface area (Å²) in [4.78, 5) is 28.8. The van der Waals surface area contributed by atoms with E-state index in [4.69, 9.17) is 9.15 Å². The number of furan rings is 1. The molecule has 1 aromatic carbocycles. The number of carbonyl (C=O) groups is 2. The minimum atomic E-state index is -0.359. The predicted molar refractivity (Wildman–Crippen MR) is 114 cm³/mol. The summed E-state index contributed by atoms with van der Waals surface area (Å²) < 4.78 is 12.9. The minimum Gasteiger partial charge on any atom is -0.487 e. The summed E-state index contributed by atoms with van der Waals surface area (Å²) in [5, 5.41) is 5.28. The van der Waals surface area contributed by atoms with Crippen LogP contribution in [0.3, 0.4) is 0 Å². The number of ether oxygens (including phenoxy) is 1. The molecule has 0 aliphatic carbocycles. The Morgan fingerprint density at radius 3 is 2.84 bits per heavy atom. The number of fused-ring (bicyclic) bond motifs is 1. The molecule has 0 atom stereocenters. The third-order valence-corrected chi connectivity index (χ3v) is 4.58. The third kappa shape index (κ3) is 5.30. The number of nitrogens with one attached hydrogen (secondary N) is 2. The molecule has 0 aliphatic rings. The lowest BCUT2D eigenvalue weighted by Crippen LogP contribution is -2.36. The van der Waals surface area contributed by atoms with E-state index in [2.05, 4.69) is 15.6 Å². The molecule has 3 aromatic heterocycles. The number of aryl methyl sites for hydroxylation is 1. The predicted octanol–water partition coefficient (Wildman–Crippen LogP) is 2.86. The highest BCUT2D eigenvalue weighted by molar-refractivity contribution is 5.96. The number of imidazole rings is 1. The molecule has 3 heterocycles. The summed E-state index contributed by atoms with van der Waals surface area (Å²) in [6.07, 6.45) is 5.45. The maximum absolute atomic E-state index is 12.4. The molecule has 0 aliphatic heterocycles. The van der Waals surface area contributed by atoms with Crippen molar-refractivity contribution in [3.8, 4) is 5.75 Å². The number of nitrogens with zero attached hydrogens (tertiary/aromatic N) is 2. The number of amides is 2. The van der Waals surface area contributed by atoms with Crippen molar-refractivity contribution in [1.29, 1.82) is 0 Å². The monoisotopic (exact) mass is 418 g/mol. The van der Waals surface area contributed by atoms with Crippen molar-refractivity contribution in [3.05, 3.63) is 89.8 Å². The second-order valence-corrected chi connectivity index (χ2v) is 7.06. The minimum absolute atomic E-state index is 0.134. The van der Waals surface area contributed by atoms with Crippen LogP contribution >= 0.6 is 0 Å². The van der Waals surface area contributed by atoms with E-state index in [1.165, 1.54) is 6.26 Å². The van der Waals surface area contributed by atoms with Crippen molar-refractivity contribution in [2.75, 3.05) is 6.54 Å². The third-order valence-electron chi connectivity index (χ3n) is 4.58. The fourth-order valence-electron chi connectivity index (χ4n) is 3.03. The zero-order valence-electron chi connectivity index (χ0n) is 17.0. The summed E-state index contributed by atoms with van der Waals surface area (Å²) in [5.74, 6) is 0.523. The molecular formula is C23H22N4O4. The van der Waals surface area contributed by atoms with E-state index in [0.29, 0.717) is 17.1 Å². The van der Waals surface area contributed by atoms with Gasteiger partial charge >= 0.3 is 0 Å². The van der Waals surface area contributed by atoms with Gasteiger partial charge in [-0.15, -0.1) is 0 Å². The standard InChI is InChI=1S/C23H22N4O4/c1-16-7-8-21-26-18(14-27(21)13-16)15-31-19-5-2-4-17(10-19)23(29)25-12-22(28)24-11-20-6-3-9-30-20/h2-10,13-14H,11-12,15H2,1H3,(H,24,28)(H,25,29). The van der Waals surface area contributed by atoms with E-state index in [0.717, 1.165) is 16.9 Å². The van der Waals surface area contributed by atoms with Crippen LogP contribution in [0, 0.1) is 6.92 Å². The lowest BCUT2D eigenvalue weighted by molar-refractivity contribution is -0.120. The van der Waals surface area contributed by atoms with Crippen molar-refractivity contribution in [3.63, 3.8) is 0 Å². The molecule has 0 bridgehead atoms. The Morgan fingerprint density at radius 2 is 2.00 bits per heavy atom. The first-order valence-electron chi connectivity index (χ1n) is 9.81. The van der Waals surface area contributed by atoms with Gasteiger partial charge in [0.2, 0.25) is 5.91 Å². The number of hydrogen-bond acceptors (Lipinski definition) is 5. The van der Waals surface area contributed by atoms with Crippen LogP contribution in [0.5, 0.6) is 5.75 Å². The van der Waals surface area contributed by atoms with Gasteiger partial charge in [0, 0.05) is 18.0 Å². The molecule has 4 rings (SSSR count). The van der Waals surface area contributed by atoms with Crippen LogP contribution in [-0.4, -0.2) is 27.7 Å². The maximum Gasteiger partial charge on any atom is 0.251 e. The number of pyridine rings is 1. The van der Waals surface area contributed by atoms with Crippen LogP contribution in [0.2, 0.25) is 0 Å². The van der Waals surface area contributed by atoms with E-state index in [1.54, 1.807) is 36.4 Å². The van der Waals surface area contributed by atoms with E-state index in [-0.39, 0.29) is 31.5 Å². The van der Waals surface area contributed by atoms with Gasteiger partial charge in [-0.2, -0.15) is 0 Å². The second-order valence-electron chi connectivity index (χ2n) is 7.06. The van der Waals surface area contributed by atoms with Crippen LogP contribution in [0.1, 0.15) is 27.4 Å². The molecule has 0 spiro atoms. The highest BCUT2D eigenvalue weighted by atomic mass is 16.5. The SMILES string of the molecule is Cc1ccc2nc(COc3cccc(C(=O)NCC(=O)NCc4ccco4)c3)cn2c1. The Bertz CT molecular complexity index is 1200. The van der Waals surface area contributed by atoms with Crippen molar-refractivity contribution in [2.24, 2.45) is 0 Å². The van der Waals surface area contributed by atoms with E-state index in [9.17, 15) is 9.59 Å². The number of aromatic nitrogens is 2. The number of carbonyl (C=O) groups excluding carboxylic acids is 2. The van der Waals surface area contributed by atoms with Crippen LogP contribution < -0.4 is 15.4 Å². The van der Waals surface area contributed by atoms with E-state index in [1.807, 2.05) is 35.9 Å². The molecule has 158 valence electrons. The summed E-state index contributed by atoms with van der Waals surface area (Å²) in [6, 6.07) is 14.3. The maximum atomic E-state index is 12.4. The average Bonchev–Trinajstić information content (AvgIpc) is 3.44. The molecule has 8 heteroatoms. The molecule has 2 amide bonds. The molecular weight excluding hydrogens is 396 g/mol. The van der Waals surface area contributed by atoms with E-state index >= 15 is 0 Å². The van der Waals surface area contributed by atoms with Crippen molar-refractivity contribution >= 4 is 17.5 Å². The first kappa shape index (κ1) is 20.2. The number of hydrogen-bond donors (Lipinski definition) is 2. The van der Waals surface area contributed by atoms with Crippen LogP contribution in [0.15, 0.2) is 71.6 Å². The van der Waals surface area contributed by atoms with Crippen LogP contribution in [0.25, 0.3) is 5.65 Å². The number of rotatable bonds is 8. The van der Waals surface area contributed by atoms with Gasteiger partial charge in [0.1, 0.15) is 23.8 Å². The van der Waals surface area contributed by atoms with Gasteiger partial charge in [-0.1, -0.05) is 12.1 Å². The summed E-state index contributed by atoms with van der Waals surface area (Å²) in [7, 11) is 0. The van der Waals surface area contributed by atoms with Gasteiger partial charge in [0.25, 0.3) is 5.91 Å². The molecule has 31 heavy (non-hydrogen) atoms. The zero-order chi connectivity index (χ0) is 21.6. The number of benzene rings is 1. The topological polar surface area (TPSA) is 97.9 Å². The molecule has 2 N–H and O–H groups in total. The first-order chi connectivity index (χ1) is 15.1. The van der Waals surface area contributed by atoms with Gasteiger partial charge in [-0.3, -0.25) is 9.59 Å². The normalized spacial score (nSPS) is 10.7. The van der Waals surface area contributed by atoms with Crippen LogP contribution in [0.4, 0.5) is 0 Å². The highest BCUT2D eigenvalue weighted by Gasteiger charge is 2.10. The van der Waals surface area contributed by atoms with Gasteiger partial charge in [-0.25, -0.2) is 4.98 Å². The molecule has 0 radical (unpaired) electrons. The molecule has 0 unspecified atom stereocenters. The second kappa shape index (κ2) is 9.17. The van der Waals surface area contributed by atoms with Gasteiger partial charge in [-0.05, 0) is 48.9 Å². The van der Waals surface area contributed by atoms with Gasteiger partial charge < -0.3 is 24.2 Å². The largest absolute Gasteiger partial charge is 0.487 e. The zero-order valence-corrected chi connectivity index (χ0v) is 17.0. The Hall–Kier alpha value is -4.07. The van der Waals surface area contributed by atoms with Crippen LogP contribution in [-0.2, 0) is 17.9 Å². The van der Waals surface area contributed by atoms with Gasteiger partial charge in [0.05, 0.1) is 25.0 Å². The van der Waals surface area contributed by atoms with Crippen molar-refractivity contribution < 1.29 is 18.7 Å². The van der Waals surface area contributed by atoms with E-state index < -0.39 is 0 Å². The molecule has 0 saturated heterocycles. The summed E-state index contributed by atoms with van der Waals surface area (Å²) in [6.45, 7) is 2.44. The summed E-state index contributed by atoms with van der Waals surface area (Å²) >= 11 is 0. The smallest absolute Gasteiger partial charge is 0.251 e. The Balaban J connectivity index is 1.29.